The maximum atomic E-state index is 13.3. The predicted molar refractivity (Wildman–Crippen MR) is 182 cm³/mol. The van der Waals surface area contributed by atoms with Crippen molar-refractivity contribution in [3.63, 3.8) is 0 Å². The quantitative estimate of drug-likeness (QED) is 0.295. The highest BCUT2D eigenvalue weighted by Gasteiger charge is 2.35. The summed E-state index contributed by atoms with van der Waals surface area (Å²) < 4.78 is 23.4. The molecule has 4 aliphatic heterocycles. The smallest absolute Gasteiger partial charge is 0.335 e. The summed E-state index contributed by atoms with van der Waals surface area (Å²) in [7, 11) is 2.97. The normalized spacial score (nSPS) is 19.1. The van der Waals surface area contributed by atoms with Gasteiger partial charge in [0.1, 0.15) is 13.2 Å². The Morgan fingerprint density at radius 3 is 1.59 bits per heavy atom. The van der Waals surface area contributed by atoms with E-state index in [1.807, 2.05) is 0 Å². The van der Waals surface area contributed by atoms with Gasteiger partial charge < -0.3 is 33.9 Å². The lowest BCUT2D eigenvalue weighted by atomic mass is 10.1. The van der Waals surface area contributed by atoms with Gasteiger partial charge in [0.15, 0.2) is 23.0 Å². The van der Waals surface area contributed by atoms with Gasteiger partial charge in [-0.05, 0) is 54.3 Å². The summed E-state index contributed by atoms with van der Waals surface area (Å²) in [4.78, 5) is 51.4. The minimum absolute atomic E-state index is 0.00141. The van der Waals surface area contributed by atoms with E-state index in [0.717, 1.165) is 11.1 Å². The van der Waals surface area contributed by atoms with E-state index in [1.165, 1.54) is 26.4 Å². The molecule has 0 aromatic heterocycles. The zero-order valence-corrected chi connectivity index (χ0v) is 27.1. The van der Waals surface area contributed by atoms with Gasteiger partial charge >= 0.3 is 5.97 Å². The number of aliphatic imine (C=N–C) groups is 2. The molecule has 4 aliphatic rings. The molecule has 49 heavy (non-hydrogen) atoms. The fraction of sp³-hybridized carbons (Fsp3) is 0.270. The van der Waals surface area contributed by atoms with Crippen LogP contribution in [-0.4, -0.2) is 84.5 Å². The molecule has 0 spiro atoms. The predicted octanol–water partition coefficient (Wildman–Crippen LogP) is 5.53. The first-order chi connectivity index (χ1) is 23.6. The average molecular weight is 663 g/mol. The number of carbonyl (C=O) groups excluding carboxylic acids is 2. The number of carboxylic acids is 1. The van der Waals surface area contributed by atoms with E-state index >= 15 is 0 Å². The Hall–Kier alpha value is -5.91. The molecule has 0 unspecified atom stereocenters. The molecule has 1 N–H and O–H groups in total. The number of nitrogens with zero attached hydrogens (tertiary/aromatic N) is 4. The van der Waals surface area contributed by atoms with Crippen LogP contribution in [0, 0.1) is 0 Å². The number of aromatic carboxylic acids is 1. The first-order valence-corrected chi connectivity index (χ1v) is 15.7. The van der Waals surface area contributed by atoms with Crippen molar-refractivity contribution in [1.29, 1.82) is 0 Å². The van der Waals surface area contributed by atoms with Crippen LogP contribution in [0.4, 0.5) is 11.4 Å². The van der Waals surface area contributed by atoms with Crippen LogP contribution < -0.4 is 18.9 Å². The summed E-state index contributed by atoms with van der Waals surface area (Å²) in [6.07, 6.45) is 4.84. The highest BCUT2D eigenvalue weighted by atomic mass is 16.5. The largest absolute Gasteiger partial charge is 0.493 e. The number of methoxy groups -OCH3 is 2. The molecule has 2 saturated heterocycles. The molecule has 7 rings (SSSR count). The molecule has 0 bridgehead atoms. The van der Waals surface area contributed by atoms with Gasteiger partial charge in [-0.15, -0.1) is 0 Å². The molecule has 3 aromatic carbocycles. The molecule has 2 atom stereocenters. The minimum Gasteiger partial charge on any atom is -0.493 e. The molecule has 2 fully saturated rings. The van der Waals surface area contributed by atoms with Crippen LogP contribution in [0.1, 0.15) is 55.0 Å². The Kier molecular flexibility index (Phi) is 8.15. The molecule has 12 heteroatoms. The van der Waals surface area contributed by atoms with Crippen molar-refractivity contribution in [1.82, 2.24) is 9.80 Å². The van der Waals surface area contributed by atoms with Crippen LogP contribution in [0.15, 0.2) is 76.8 Å². The highest BCUT2D eigenvalue weighted by Crippen LogP contribution is 2.40. The van der Waals surface area contributed by atoms with Crippen LogP contribution in [0.25, 0.3) is 0 Å². The van der Waals surface area contributed by atoms with Gasteiger partial charge in [-0.3, -0.25) is 19.6 Å². The summed E-state index contributed by atoms with van der Waals surface area (Å²) in [5.41, 5.74) is 4.87. The summed E-state index contributed by atoms with van der Waals surface area (Å²) in [5, 5.41) is 9.87. The topological polar surface area (TPSA) is 140 Å². The molecular formula is C37H34N4O8. The second-order valence-corrected chi connectivity index (χ2v) is 12.4. The summed E-state index contributed by atoms with van der Waals surface area (Å²) >= 11 is 0. The number of hydrogen-bond acceptors (Lipinski definition) is 9. The van der Waals surface area contributed by atoms with Crippen LogP contribution in [0.5, 0.6) is 23.0 Å². The van der Waals surface area contributed by atoms with E-state index < -0.39 is 5.97 Å². The van der Waals surface area contributed by atoms with Crippen molar-refractivity contribution >= 4 is 41.6 Å². The monoisotopic (exact) mass is 662 g/mol. The third kappa shape index (κ3) is 6.01. The lowest BCUT2D eigenvalue weighted by Gasteiger charge is -2.20. The van der Waals surface area contributed by atoms with Gasteiger partial charge in [-0.2, -0.15) is 0 Å². The second kappa shape index (κ2) is 12.6. The Labute approximate surface area is 282 Å². The molecule has 12 nitrogen and oxygen atoms in total. The van der Waals surface area contributed by atoms with Gasteiger partial charge in [0.2, 0.25) is 0 Å². The maximum Gasteiger partial charge on any atom is 0.335 e. The third-order valence-corrected chi connectivity index (χ3v) is 8.99. The first-order valence-electron chi connectivity index (χ1n) is 15.7. The van der Waals surface area contributed by atoms with E-state index in [2.05, 4.69) is 23.1 Å². The first kappa shape index (κ1) is 31.7. The van der Waals surface area contributed by atoms with E-state index in [4.69, 9.17) is 18.9 Å². The van der Waals surface area contributed by atoms with Crippen molar-refractivity contribution < 1.29 is 38.4 Å². The number of carbonyl (C=O) groups is 3. The van der Waals surface area contributed by atoms with Gasteiger partial charge in [0, 0.05) is 37.7 Å². The lowest BCUT2D eigenvalue weighted by Crippen LogP contribution is -2.35. The molecule has 3 aromatic rings. The zero-order valence-electron chi connectivity index (χ0n) is 27.1. The van der Waals surface area contributed by atoms with Crippen LogP contribution in [-0.2, 0) is 13.2 Å². The summed E-state index contributed by atoms with van der Waals surface area (Å²) in [6, 6.07) is 11.1. The maximum absolute atomic E-state index is 13.3. The highest BCUT2D eigenvalue weighted by molar-refractivity contribution is 6.04. The van der Waals surface area contributed by atoms with Crippen LogP contribution in [0.2, 0.25) is 0 Å². The van der Waals surface area contributed by atoms with Gasteiger partial charge in [-0.1, -0.05) is 24.3 Å². The summed E-state index contributed by atoms with van der Waals surface area (Å²) in [6.45, 7) is 8.99. The SMILES string of the molecule is C=C1C[C@H]2C=Nc3cc(OCc4cc(COc5cc6c(cc5OC)C(=O)N5CC(=C)C[C@H]5C=N6)cc(C(=O)O)c4)c(OC)cc3C(=O)N2C1. The molecule has 0 radical (unpaired) electrons. The molecule has 0 saturated carbocycles. The molecule has 4 heterocycles. The molecule has 0 aliphatic carbocycles. The number of benzene rings is 3. The Morgan fingerprint density at radius 2 is 1.18 bits per heavy atom. The van der Waals surface area contributed by atoms with Gasteiger partial charge in [0.25, 0.3) is 11.8 Å². The number of rotatable bonds is 9. The Balaban J connectivity index is 1.11. The average Bonchev–Trinajstić information content (AvgIpc) is 3.60. The van der Waals surface area contributed by atoms with E-state index in [9.17, 15) is 19.5 Å². The van der Waals surface area contributed by atoms with Gasteiger partial charge in [-0.25, -0.2) is 4.79 Å². The van der Waals surface area contributed by atoms with E-state index in [0.29, 0.717) is 82.6 Å². The van der Waals surface area contributed by atoms with Crippen molar-refractivity contribution in [2.24, 2.45) is 9.98 Å². The Bertz CT molecular complexity index is 1870. The van der Waals surface area contributed by atoms with Crippen molar-refractivity contribution in [2.45, 2.75) is 38.1 Å². The fourth-order valence-corrected chi connectivity index (χ4v) is 6.58. The molecule has 2 amide bonds. The fourth-order valence-electron chi connectivity index (χ4n) is 6.58. The van der Waals surface area contributed by atoms with Crippen molar-refractivity contribution in [3.8, 4) is 23.0 Å². The number of hydrogen-bond donors (Lipinski definition) is 1. The van der Waals surface area contributed by atoms with Crippen LogP contribution in [0.3, 0.4) is 0 Å². The molecular weight excluding hydrogens is 628 g/mol. The summed E-state index contributed by atoms with van der Waals surface area (Å²) in [5.74, 6) is -0.0269. The number of amides is 2. The Morgan fingerprint density at radius 1 is 0.735 bits per heavy atom. The van der Waals surface area contributed by atoms with E-state index in [1.54, 1.807) is 52.6 Å². The standard InChI is InChI=1S/C37H34N4O8/c1-20-5-25-14-38-29-12-33(31(46-3)10-27(29)35(42)40(25)16-20)48-18-22-7-23(9-24(8-22)37(44)45)19-49-34-13-30-28(11-32(34)47-4)36(43)41-17-21(2)6-26(41)15-39-30/h7-15,25-26H,1-2,5-6,16-19H2,3-4H3,(H,44,45)/t25-,26-/m0/s1. The van der Waals surface area contributed by atoms with Crippen LogP contribution >= 0.6 is 0 Å². The lowest BCUT2D eigenvalue weighted by molar-refractivity contribution is 0.0694. The van der Waals surface area contributed by atoms with E-state index in [-0.39, 0.29) is 42.7 Å². The van der Waals surface area contributed by atoms with Crippen molar-refractivity contribution in [2.75, 3.05) is 27.3 Å². The molecule has 250 valence electrons. The minimum atomic E-state index is -1.11. The van der Waals surface area contributed by atoms with Crippen molar-refractivity contribution in [3.05, 3.63) is 94.6 Å². The number of ether oxygens (including phenoxy) is 4. The van der Waals surface area contributed by atoms with Gasteiger partial charge in [0.05, 0.1) is 54.4 Å². The second-order valence-electron chi connectivity index (χ2n) is 12.4. The zero-order chi connectivity index (χ0) is 34.4. The number of carboxylic acid groups (broad SMARTS) is 1. The number of fused-ring (bicyclic) bond motifs is 4. The third-order valence-electron chi connectivity index (χ3n) is 8.99.